The Labute approximate surface area is 165 Å². The van der Waals surface area contributed by atoms with Crippen molar-refractivity contribution in [2.45, 2.75) is 24.8 Å². The van der Waals surface area contributed by atoms with Crippen LogP contribution in [0.25, 0.3) is 0 Å². The number of ether oxygens (including phenoxy) is 1. The number of amides is 1. The molecule has 0 spiro atoms. The fourth-order valence-corrected chi connectivity index (χ4v) is 3.82. The van der Waals surface area contributed by atoms with Gasteiger partial charge in [-0.2, -0.15) is 0 Å². The number of benzene rings is 2. The van der Waals surface area contributed by atoms with E-state index in [4.69, 9.17) is 4.74 Å². The summed E-state index contributed by atoms with van der Waals surface area (Å²) in [7, 11) is -1.16. The van der Waals surface area contributed by atoms with Crippen LogP contribution in [-0.4, -0.2) is 40.5 Å². The third-order valence-electron chi connectivity index (χ3n) is 4.28. The lowest BCUT2D eigenvalue weighted by Gasteiger charge is -2.21. The Kier molecular flexibility index (Phi) is 6.80. The zero-order chi connectivity index (χ0) is 20.9. The topological polar surface area (TPSA) is 92.8 Å². The van der Waals surface area contributed by atoms with Gasteiger partial charge in [0.05, 0.1) is 17.7 Å². The van der Waals surface area contributed by atoms with Gasteiger partial charge in [-0.3, -0.25) is 9.10 Å². The van der Waals surface area contributed by atoms with Gasteiger partial charge in [0, 0.05) is 12.6 Å². The molecule has 0 heterocycles. The van der Waals surface area contributed by atoms with Gasteiger partial charge in [0.1, 0.15) is 6.04 Å². The van der Waals surface area contributed by atoms with Crippen molar-refractivity contribution in [1.29, 1.82) is 0 Å². The number of nitrogens with zero attached hydrogens (tertiary/aromatic N) is 1. The van der Waals surface area contributed by atoms with Gasteiger partial charge < -0.3 is 10.1 Å². The number of carbonyl (C=O) groups is 2. The van der Waals surface area contributed by atoms with Crippen molar-refractivity contribution in [3.8, 4) is 0 Å². The lowest BCUT2D eigenvalue weighted by Crippen LogP contribution is -2.45. The molecule has 0 aliphatic carbocycles. The number of hydrogen-bond donors (Lipinski definition) is 1. The van der Waals surface area contributed by atoms with Crippen molar-refractivity contribution in [1.82, 2.24) is 5.32 Å². The van der Waals surface area contributed by atoms with E-state index in [1.54, 1.807) is 44.2 Å². The van der Waals surface area contributed by atoms with Crippen molar-refractivity contribution in [3.05, 3.63) is 60.2 Å². The Morgan fingerprint density at radius 2 is 1.68 bits per heavy atom. The van der Waals surface area contributed by atoms with Crippen molar-refractivity contribution < 1.29 is 22.7 Å². The second-order valence-corrected chi connectivity index (χ2v) is 8.52. The Hall–Kier alpha value is -2.87. The highest BCUT2D eigenvalue weighted by molar-refractivity contribution is 7.92. The first kappa shape index (κ1) is 21.4. The van der Waals surface area contributed by atoms with E-state index in [0.29, 0.717) is 5.69 Å². The molecule has 0 fully saturated rings. The number of hydrogen-bond acceptors (Lipinski definition) is 5. The van der Waals surface area contributed by atoms with E-state index in [1.807, 2.05) is 0 Å². The van der Waals surface area contributed by atoms with Gasteiger partial charge in [-0.15, -0.1) is 0 Å². The van der Waals surface area contributed by atoms with Gasteiger partial charge >= 0.3 is 5.97 Å². The van der Waals surface area contributed by atoms with E-state index in [9.17, 15) is 18.0 Å². The maximum absolute atomic E-state index is 12.9. The average molecular weight is 404 g/mol. The van der Waals surface area contributed by atoms with Crippen LogP contribution in [0, 0.1) is 5.92 Å². The molecule has 0 radical (unpaired) electrons. The Balaban J connectivity index is 2.30. The SMILES string of the molecule is COC(=O)C(NC(=O)c1cccc(S(=O)(=O)N(C)c2ccccc2)c1)C(C)C. The summed E-state index contributed by atoms with van der Waals surface area (Å²) in [6, 6.07) is 13.5. The molecule has 150 valence electrons. The number of esters is 1. The van der Waals surface area contributed by atoms with Crippen LogP contribution in [0.4, 0.5) is 5.69 Å². The first-order chi connectivity index (χ1) is 13.2. The minimum Gasteiger partial charge on any atom is -0.467 e. The summed E-state index contributed by atoms with van der Waals surface area (Å²) in [4.78, 5) is 24.4. The number of methoxy groups -OCH3 is 1. The number of carbonyl (C=O) groups excluding carboxylic acids is 2. The van der Waals surface area contributed by atoms with Gasteiger partial charge in [0.2, 0.25) is 0 Å². The maximum Gasteiger partial charge on any atom is 0.328 e. The van der Waals surface area contributed by atoms with E-state index >= 15 is 0 Å². The highest BCUT2D eigenvalue weighted by Crippen LogP contribution is 2.22. The first-order valence-corrected chi connectivity index (χ1v) is 10.1. The van der Waals surface area contributed by atoms with E-state index in [-0.39, 0.29) is 16.4 Å². The fraction of sp³-hybridized carbons (Fsp3) is 0.300. The molecule has 0 saturated carbocycles. The first-order valence-electron chi connectivity index (χ1n) is 8.71. The minimum absolute atomic E-state index is 0.0225. The van der Waals surface area contributed by atoms with Gasteiger partial charge in [-0.25, -0.2) is 13.2 Å². The van der Waals surface area contributed by atoms with E-state index in [1.165, 1.54) is 38.4 Å². The molecule has 28 heavy (non-hydrogen) atoms. The van der Waals surface area contributed by atoms with E-state index in [0.717, 1.165) is 4.31 Å². The van der Waals surface area contributed by atoms with Crippen molar-refractivity contribution in [2.75, 3.05) is 18.5 Å². The standard InChI is InChI=1S/C20H24N2O5S/c1-14(2)18(20(24)27-4)21-19(23)15-9-8-12-17(13-15)28(25,26)22(3)16-10-6-5-7-11-16/h5-14,18H,1-4H3,(H,21,23). The van der Waals surface area contributed by atoms with Crippen LogP contribution in [0.2, 0.25) is 0 Å². The molecule has 1 amide bonds. The summed E-state index contributed by atoms with van der Waals surface area (Å²) in [6.45, 7) is 3.55. The van der Waals surface area contributed by atoms with Gasteiger partial charge in [-0.1, -0.05) is 38.1 Å². The van der Waals surface area contributed by atoms with E-state index in [2.05, 4.69) is 5.32 Å². The number of rotatable bonds is 7. The molecular weight excluding hydrogens is 380 g/mol. The lowest BCUT2D eigenvalue weighted by molar-refractivity contribution is -0.144. The zero-order valence-electron chi connectivity index (χ0n) is 16.2. The highest BCUT2D eigenvalue weighted by atomic mass is 32.2. The molecule has 1 N–H and O–H groups in total. The van der Waals surface area contributed by atoms with Crippen LogP contribution in [0.15, 0.2) is 59.5 Å². The predicted molar refractivity (Wildman–Crippen MR) is 107 cm³/mol. The van der Waals surface area contributed by atoms with Crippen molar-refractivity contribution >= 4 is 27.6 Å². The number of nitrogens with one attached hydrogen (secondary N) is 1. The summed E-state index contributed by atoms with van der Waals surface area (Å²) in [6.07, 6.45) is 0. The van der Waals surface area contributed by atoms with Crippen LogP contribution in [0.1, 0.15) is 24.2 Å². The highest BCUT2D eigenvalue weighted by Gasteiger charge is 2.27. The van der Waals surface area contributed by atoms with Crippen molar-refractivity contribution in [2.24, 2.45) is 5.92 Å². The molecule has 2 rings (SSSR count). The van der Waals surface area contributed by atoms with Gasteiger partial charge in [0.25, 0.3) is 15.9 Å². The maximum atomic E-state index is 12.9. The molecular formula is C20H24N2O5S. The summed E-state index contributed by atoms with van der Waals surface area (Å²) in [5.74, 6) is -1.30. The predicted octanol–water partition coefficient (Wildman–Crippen LogP) is 2.44. The Morgan fingerprint density at radius 3 is 2.25 bits per heavy atom. The fourth-order valence-electron chi connectivity index (χ4n) is 2.58. The number of para-hydroxylation sites is 1. The van der Waals surface area contributed by atoms with Crippen LogP contribution in [0.3, 0.4) is 0 Å². The second-order valence-electron chi connectivity index (χ2n) is 6.55. The average Bonchev–Trinajstić information content (AvgIpc) is 2.71. The van der Waals surface area contributed by atoms with Crippen LogP contribution < -0.4 is 9.62 Å². The molecule has 8 heteroatoms. The largest absolute Gasteiger partial charge is 0.467 e. The van der Waals surface area contributed by atoms with Crippen molar-refractivity contribution in [3.63, 3.8) is 0 Å². The minimum atomic E-state index is -3.85. The normalized spacial score (nSPS) is 12.3. The molecule has 0 bridgehead atoms. The van der Waals surface area contributed by atoms with Gasteiger partial charge in [-0.05, 0) is 36.2 Å². The smallest absolute Gasteiger partial charge is 0.328 e. The van der Waals surface area contributed by atoms with Gasteiger partial charge in [0.15, 0.2) is 0 Å². The lowest BCUT2D eigenvalue weighted by atomic mass is 10.0. The van der Waals surface area contributed by atoms with Crippen LogP contribution >= 0.6 is 0 Å². The number of sulfonamides is 1. The molecule has 0 aliphatic rings. The molecule has 1 unspecified atom stereocenters. The summed E-state index contributed by atoms with van der Waals surface area (Å²) >= 11 is 0. The summed E-state index contributed by atoms with van der Waals surface area (Å²) in [5.41, 5.74) is 0.639. The quantitative estimate of drug-likeness (QED) is 0.716. The molecule has 7 nitrogen and oxygen atoms in total. The summed E-state index contributed by atoms with van der Waals surface area (Å²) < 4.78 is 31.7. The van der Waals surface area contributed by atoms with Crippen LogP contribution in [-0.2, 0) is 19.6 Å². The third kappa shape index (κ3) is 4.69. The molecule has 1 atom stereocenters. The Bertz CT molecular complexity index is 942. The molecule has 0 aromatic heterocycles. The summed E-state index contributed by atoms with van der Waals surface area (Å²) in [5, 5.41) is 2.60. The second kappa shape index (κ2) is 8.88. The molecule has 0 saturated heterocycles. The monoisotopic (exact) mass is 404 g/mol. The van der Waals surface area contributed by atoms with Crippen LogP contribution in [0.5, 0.6) is 0 Å². The van der Waals surface area contributed by atoms with E-state index < -0.39 is 27.9 Å². The molecule has 0 aliphatic heterocycles. The number of anilines is 1. The molecule has 2 aromatic rings. The third-order valence-corrected chi connectivity index (χ3v) is 6.06. The Morgan fingerprint density at radius 1 is 1.04 bits per heavy atom. The zero-order valence-corrected chi connectivity index (χ0v) is 17.1. The molecule has 2 aromatic carbocycles.